The van der Waals surface area contributed by atoms with E-state index in [2.05, 4.69) is 60.9 Å². The molecule has 2 aromatic rings. The molecule has 206 valence electrons. The molecule has 1 N–H and O–H groups in total. The maximum absolute atomic E-state index is 8.66. The second-order valence-corrected chi connectivity index (χ2v) is 7.79. The van der Waals surface area contributed by atoms with Crippen LogP contribution in [0.25, 0.3) is 12.2 Å². The van der Waals surface area contributed by atoms with Crippen molar-refractivity contribution in [3.05, 3.63) is 46.1 Å². The van der Waals surface area contributed by atoms with E-state index >= 15 is 0 Å². The molecule has 2 aromatic heterocycles. The Morgan fingerprint density at radius 2 is 1.62 bits per heavy atom. The van der Waals surface area contributed by atoms with Crippen LogP contribution in [0.2, 0.25) is 0 Å². The summed E-state index contributed by atoms with van der Waals surface area (Å²) in [7, 11) is 0. The van der Waals surface area contributed by atoms with Crippen LogP contribution in [0.1, 0.15) is 90.7 Å². The van der Waals surface area contributed by atoms with Crippen LogP contribution < -0.4 is 45.2 Å². The van der Waals surface area contributed by atoms with Gasteiger partial charge in [-0.2, -0.15) is 0 Å². The van der Waals surface area contributed by atoms with Crippen LogP contribution in [0.3, 0.4) is 0 Å². The van der Waals surface area contributed by atoms with E-state index in [1.54, 1.807) is 0 Å². The van der Waals surface area contributed by atoms with Gasteiger partial charge in [0.05, 0.1) is 13.2 Å². The summed E-state index contributed by atoms with van der Waals surface area (Å²) in [4.78, 5) is 20.7. The van der Waals surface area contributed by atoms with Crippen molar-refractivity contribution in [2.75, 3.05) is 19.8 Å². The molecule has 0 spiro atoms. The van der Waals surface area contributed by atoms with E-state index in [0.29, 0.717) is 19.6 Å². The van der Waals surface area contributed by atoms with Crippen molar-refractivity contribution >= 4 is 18.9 Å². The Hall–Kier alpha value is -1.35. The van der Waals surface area contributed by atoms with E-state index < -0.39 is 5.79 Å². The van der Waals surface area contributed by atoms with Gasteiger partial charge in [0.2, 0.25) is 0 Å². The number of imidazole rings is 1. The van der Waals surface area contributed by atoms with Crippen LogP contribution in [0.15, 0.2) is 18.3 Å². The molecule has 1 aliphatic heterocycles. The molecule has 8 heteroatoms. The van der Waals surface area contributed by atoms with Crippen molar-refractivity contribution in [1.82, 2.24) is 15.0 Å². The fourth-order valence-electron chi connectivity index (χ4n) is 3.31. The molecule has 0 atom stereocenters. The summed E-state index contributed by atoms with van der Waals surface area (Å²) < 4.78 is 10.7. The second-order valence-electron chi connectivity index (χ2n) is 7.79. The largest absolute Gasteiger partial charge is 1.00 e. The van der Waals surface area contributed by atoms with Crippen LogP contribution in [0.4, 0.5) is 0 Å². The Morgan fingerprint density at radius 1 is 1.05 bits per heavy atom. The van der Waals surface area contributed by atoms with Gasteiger partial charge in [0, 0.05) is 24.9 Å². The number of ether oxygens (including phenoxy) is 2. The first kappa shape index (κ1) is 40.2. The van der Waals surface area contributed by atoms with Gasteiger partial charge in [-0.05, 0) is 61.9 Å². The molecular weight excluding hydrogens is 477 g/mol. The Balaban J connectivity index is -0.000000413. The number of carbonyl (C=O) groups is 1. The molecule has 4 rings (SSSR count). The molecule has 0 bridgehead atoms. The topological polar surface area (TPSA) is 95.6 Å². The fraction of sp³-hybridized carbons (Fsp3) is 0.621. The summed E-state index contributed by atoms with van der Waals surface area (Å²) in [5, 5.41) is 10.8. The Kier molecular flexibility index (Phi) is 28.5. The van der Waals surface area contributed by atoms with E-state index in [1.807, 2.05) is 46.7 Å². The van der Waals surface area contributed by atoms with Gasteiger partial charge in [0.25, 0.3) is 0 Å². The van der Waals surface area contributed by atoms with Gasteiger partial charge >= 0.3 is 29.6 Å². The fourth-order valence-corrected chi connectivity index (χ4v) is 3.31. The third-order valence-electron chi connectivity index (χ3n) is 4.97. The number of fused-ring (bicyclic) bond motifs is 1. The van der Waals surface area contributed by atoms with Crippen molar-refractivity contribution < 1.29 is 48.9 Å². The first-order valence-corrected chi connectivity index (χ1v) is 13.2. The molecular formula is C29H50N3NaO4. The van der Waals surface area contributed by atoms with E-state index in [0.717, 1.165) is 42.2 Å². The third-order valence-corrected chi connectivity index (χ3v) is 4.97. The summed E-state index contributed by atoms with van der Waals surface area (Å²) in [6.07, 6.45) is 12.1. The van der Waals surface area contributed by atoms with E-state index in [-0.39, 0.29) is 36.2 Å². The van der Waals surface area contributed by atoms with Gasteiger partial charge in [-0.3, -0.25) is 4.98 Å². The maximum atomic E-state index is 8.66. The number of aryl methyl sites for hydroxylation is 3. The number of hydrogen-bond acceptors (Lipinski definition) is 6. The first-order valence-electron chi connectivity index (χ1n) is 13.2. The predicted molar refractivity (Wildman–Crippen MR) is 149 cm³/mol. The SMILES string of the molecule is C=O.CC.CCC.CCC1(CCO)OCCO1.CCc1ncccc1C.Cc1nc2c([n-]1)=CCCC=2.[Na+]. The molecule has 0 amide bonds. The Morgan fingerprint density at radius 3 is 2.05 bits per heavy atom. The number of aromatic nitrogens is 3. The Labute approximate surface area is 247 Å². The van der Waals surface area contributed by atoms with Crippen LogP contribution in [-0.2, 0) is 20.7 Å². The number of pyridine rings is 1. The summed E-state index contributed by atoms with van der Waals surface area (Å²) in [5.41, 5.74) is 2.50. The first-order chi connectivity index (χ1) is 17.4. The standard InChI is InChI=1S/C8H9N2.C8H11N.C7H14O3.C3H8.C2H6.CH2O.Na/c1-6-9-7-4-2-3-5-8(7)10-6;1-3-8-7(2)5-4-6-9-8;1-2-7(3-4-8)9-5-6-10-7;1-3-2;2*1-2;/h4-5H,2-3H2,1H3;4-6H,3H2,1-2H3;8H,2-6H2,1H3;3H2,1-2H3;1-2H3;1H2;/q-1;;;;;;+1. The smallest absolute Gasteiger partial charge is 0.440 e. The minimum absolute atomic E-state index is 0. The molecule has 1 aliphatic carbocycles. The second kappa shape index (κ2) is 26.3. The molecule has 37 heavy (non-hydrogen) atoms. The van der Waals surface area contributed by atoms with E-state index in [4.69, 9.17) is 19.4 Å². The summed E-state index contributed by atoms with van der Waals surface area (Å²) in [6.45, 7) is 19.8. The van der Waals surface area contributed by atoms with E-state index in [9.17, 15) is 0 Å². The summed E-state index contributed by atoms with van der Waals surface area (Å²) >= 11 is 0. The number of aliphatic hydroxyl groups is 1. The number of carbonyl (C=O) groups excluding carboxylic acids is 1. The van der Waals surface area contributed by atoms with Crippen molar-refractivity contribution in [2.45, 2.75) is 99.7 Å². The summed E-state index contributed by atoms with van der Waals surface area (Å²) in [5.74, 6) is 0.425. The van der Waals surface area contributed by atoms with Crippen LogP contribution >= 0.6 is 0 Å². The van der Waals surface area contributed by atoms with Crippen molar-refractivity contribution in [2.24, 2.45) is 0 Å². The van der Waals surface area contributed by atoms with Gasteiger partial charge in [-0.1, -0.05) is 72.0 Å². The number of hydrogen-bond donors (Lipinski definition) is 1. The monoisotopic (exact) mass is 527 g/mol. The van der Waals surface area contributed by atoms with Gasteiger partial charge < -0.3 is 29.3 Å². The average Bonchev–Trinajstić information content (AvgIpc) is 3.54. The van der Waals surface area contributed by atoms with Gasteiger partial charge in [0.15, 0.2) is 5.79 Å². The molecule has 0 radical (unpaired) electrons. The maximum Gasteiger partial charge on any atom is 1.00 e. The van der Waals surface area contributed by atoms with E-state index in [1.165, 1.54) is 17.7 Å². The molecule has 0 saturated carbocycles. The van der Waals surface area contributed by atoms with Crippen LogP contribution in [0.5, 0.6) is 0 Å². The van der Waals surface area contributed by atoms with Gasteiger partial charge in [0.1, 0.15) is 6.79 Å². The summed E-state index contributed by atoms with van der Waals surface area (Å²) in [6, 6.07) is 4.06. The minimum atomic E-state index is -0.464. The quantitative estimate of drug-likeness (QED) is 0.601. The van der Waals surface area contributed by atoms with Crippen molar-refractivity contribution in [3.8, 4) is 0 Å². The molecule has 1 saturated heterocycles. The predicted octanol–water partition coefficient (Wildman–Crippen LogP) is 1.44. The van der Waals surface area contributed by atoms with Crippen LogP contribution in [-0.4, -0.2) is 47.5 Å². The molecule has 0 unspecified atom stereocenters. The normalized spacial score (nSPS) is 13.5. The molecule has 2 aliphatic rings. The minimum Gasteiger partial charge on any atom is -0.440 e. The molecule has 3 heterocycles. The number of nitrogens with zero attached hydrogens (tertiary/aromatic N) is 3. The third kappa shape index (κ3) is 17.0. The van der Waals surface area contributed by atoms with Crippen LogP contribution in [0, 0.1) is 13.8 Å². The zero-order valence-electron chi connectivity index (χ0n) is 25.0. The van der Waals surface area contributed by atoms with Crippen molar-refractivity contribution in [3.63, 3.8) is 0 Å². The zero-order valence-corrected chi connectivity index (χ0v) is 27.0. The van der Waals surface area contributed by atoms with Gasteiger partial charge in [-0.25, -0.2) is 0 Å². The molecule has 0 aromatic carbocycles. The zero-order chi connectivity index (χ0) is 27.8. The number of rotatable bonds is 4. The van der Waals surface area contributed by atoms with Crippen molar-refractivity contribution in [1.29, 1.82) is 0 Å². The Bertz CT molecular complexity index is 863. The molecule has 1 fully saturated rings. The number of aliphatic hydroxyl groups excluding tert-OH is 1. The average molecular weight is 528 g/mol. The van der Waals surface area contributed by atoms with Gasteiger partial charge in [-0.15, -0.1) is 0 Å². The molecule has 7 nitrogen and oxygen atoms in total.